The van der Waals surface area contributed by atoms with Crippen molar-refractivity contribution in [2.45, 2.75) is 6.42 Å². The van der Waals surface area contributed by atoms with Gasteiger partial charge in [0.05, 0.1) is 34.5 Å². The molecule has 0 aliphatic carbocycles. The maximum absolute atomic E-state index is 12.1. The normalized spacial score (nSPS) is 10.5. The first-order chi connectivity index (χ1) is 12.0. The molecule has 0 aliphatic rings. The predicted molar refractivity (Wildman–Crippen MR) is 97.9 cm³/mol. The van der Waals surface area contributed by atoms with E-state index in [1.807, 2.05) is 0 Å². The van der Waals surface area contributed by atoms with Gasteiger partial charge >= 0.3 is 0 Å². The van der Waals surface area contributed by atoms with Crippen molar-refractivity contribution in [2.24, 2.45) is 0 Å². The van der Waals surface area contributed by atoms with Gasteiger partial charge in [0.25, 0.3) is 0 Å². The van der Waals surface area contributed by atoms with Crippen molar-refractivity contribution in [1.29, 1.82) is 0 Å². The lowest BCUT2D eigenvalue weighted by Gasteiger charge is -2.07. The molecule has 0 saturated carbocycles. The highest BCUT2D eigenvalue weighted by Gasteiger charge is 2.08. The van der Waals surface area contributed by atoms with Crippen molar-refractivity contribution in [3.05, 3.63) is 70.5 Å². The monoisotopic (exact) mass is 373 g/mol. The first kappa shape index (κ1) is 17.2. The molecule has 5 nitrogen and oxygen atoms in total. The van der Waals surface area contributed by atoms with Crippen LogP contribution in [0.5, 0.6) is 5.75 Å². The van der Waals surface area contributed by atoms with Crippen LogP contribution in [0.3, 0.4) is 0 Å². The van der Waals surface area contributed by atoms with E-state index in [1.165, 1.54) is 12.4 Å². The zero-order valence-corrected chi connectivity index (χ0v) is 14.4. The topological polar surface area (TPSA) is 75.1 Å². The van der Waals surface area contributed by atoms with Gasteiger partial charge in [-0.05, 0) is 29.8 Å². The van der Waals surface area contributed by atoms with Gasteiger partial charge in [-0.15, -0.1) is 0 Å². The summed E-state index contributed by atoms with van der Waals surface area (Å²) in [5, 5.41) is 13.1. The van der Waals surface area contributed by atoms with E-state index < -0.39 is 0 Å². The number of aromatic nitrogens is 2. The second-order valence-corrected chi connectivity index (χ2v) is 6.13. The summed E-state index contributed by atoms with van der Waals surface area (Å²) in [7, 11) is 0. The molecule has 7 heteroatoms. The fourth-order valence-corrected chi connectivity index (χ4v) is 2.55. The third kappa shape index (κ3) is 4.47. The molecular formula is C18H13Cl2N3O2. The van der Waals surface area contributed by atoms with E-state index in [0.29, 0.717) is 27.1 Å². The van der Waals surface area contributed by atoms with Gasteiger partial charge in [-0.2, -0.15) is 0 Å². The second-order valence-electron chi connectivity index (χ2n) is 5.32. The molecule has 0 spiro atoms. The lowest BCUT2D eigenvalue weighted by atomic mass is 10.1. The molecule has 1 aromatic heterocycles. The van der Waals surface area contributed by atoms with Crippen LogP contribution in [0.15, 0.2) is 54.9 Å². The van der Waals surface area contributed by atoms with Crippen molar-refractivity contribution in [3.8, 4) is 17.1 Å². The summed E-state index contributed by atoms with van der Waals surface area (Å²) in [5.74, 6) is 0.380. The number of benzene rings is 2. The van der Waals surface area contributed by atoms with E-state index in [9.17, 15) is 9.90 Å². The summed E-state index contributed by atoms with van der Waals surface area (Å²) in [4.78, 5) is 20.5. The number of amides is 1. The smallest absolute Gasteiger partial charge is 0.228 e. The largest absolute Gasteiger partial charge is 0.508 e. The molecule has 0 saturated heterocycles. The molecule has 0 unspecified atom stereocenters. The standard InChI is InChI=1S/C18H13Cl2N3O2/c19-15-5-4-11(6-16(15)20)7-17(25)23-13-9-21-18(22-10-13)12-2-1-3-14(24)8-12/h1-6,8-10,24H,7H2,(H,23,25). The molecule has 2 aromatic carbocycles. The Morgan fingerprint density at radius 1 is 1.04 bits per heavy atom. The summed E-state index contributed by atoms with van der Waals surface area (Å²) >= 11 is 11.8. The van der Waals surface area contributed by atoms with Gasteiger partial charge in [-0.25, -0.2) is 9.97 Å². The van der Waals surface area contributed by atoms with Gasteiger partial charge in [0, 0.05) is 5.56 Å². The fourth-order valence-electron chi connectivity index (χ4n) is 2.23. The van der Waals surface area contributed by atoms with Gasteiger partial charge in [-0.1, -0.05) is 41.4 Å². The molecule has 3 rings (SSSR count). The Morgan fingerprint density at radius 2 is 1.80 bits per heavy atom. The zero-order valence-electron chi connectivity index (χ0n) is 12.9. The highest BCUT2D eigenvalue weighted by molar-refractivity contribution is 6.42. The SMILES string of the molecule is O=C(Cc1ccc(Cl)c(Cl)c1)Nc1cnc(-c2cccc(O)c2)nc1. The summed E-state index contributed by atoms with van der Waals surface area (Å²) in [6, 6.07) is 11.7. The van der Waals surface area contributed by atoms with Crippen molar-refractivity contribution in [2.75, 3.05) is 5.32 Å². The number of nitrogens with one attached hydrogen (secondary N) is 1. The number of rotatable bonds is 4. The number of aromatic hydroxyl groups is 1. The predicted octanol–water partition coefficient (Wildman–Crippen LogP) is 4.34. The van der Waals surface area contributed by atoms with E-state index in [-0.39, 0.29) is 18.1 Å². The second kappa shape index (κ2) is 7.51. The molecule has 2 N–H and O–H groups in total. The molecule has 0 radical (unpaired) electrons. The Morgan fingerprint density at radius 3 is 2.48 bits per heavy atom. The van der Waals surface area contributed by atoms with Crippen LogP contribution < -0.4 is 5.32 Å². The maximum Gasteiger partial charge on any atom is 0.228 e. The van der Waals surface area contributed by atoms with E-state index in [2.05, 4.69) is 15.3 Å². The average Bonchev–Trinajstić information content (AvgIpc) is 2.59. The quantitative estimate of drug-likeness (QED) is 0.713. The number of hydrogen-bond acceptors (Lipinski definition) is 4. The van der Waals surface area contributed by atoms with Gasteiger partial charge in [0.2, 0.25) is 5.91 Å². The Balaban J connectivity index is 1.66. The van der Waals surface area contributed by atoms with Crippen LogP contribution in [-0.2, 0) is 11.2 Å². The van der Waals surface area contributed by atoms with Gasteiger partial charge in [0.15, 0.2) is 5.82 Å². The summed E-state index contributed by atoms with van der Waals surface area (Å²) in [6.07, 6.45) is 3.18. The minimum absolute atomic E-state index is 0.139. The van der Waals surface area contributed by atoms with Crippen LogP contribution in [0.2, 0.25) is 10.0 Å². The first-order valence-corrected chi connectivity index (χ1v) is 8.12. The van der Waals surface area contributed by atoms with Crippen molar-refractivity contribution >= 4 is 34.8 Å². The van der Waals surface area contributed by atoms with Crippen LogP contribution in [-0.4, -0.2) is 21.0 Å². The minimum atomic E-state index is -0.216. The van der Waals surface area contributed by atoms with Crippen molar-refractivity contribution in [1.82, 2.24) is 9.97 Å². The number of hydrogen-bond donors (Lipinski definition) is 2. The lowest BCUT2D eigenvalue weighted by Crippen LogP contribution is -2.14. The average molecular weight is 374 g/mol. The molecule has 0 atom stereocenters. The number of phenolic OH excluding ortho intramolecular Hbond substituents is 1. The molecule has 0 bridgehead atoms. The molecular weight excluding hydrogens is 361 g/mol. The van der Waals surface area contributed by atoms with Crippen LogP contribution in [0, 0.1) is 0 Å². The van der Waals surface area contributed by atoms with Gasteiger partial charge in [-0.3, -0.25) is 4.79 Å². The Labute approximate surface area is 154 Å². The van der Waals surface area contributed by atoms with E-state index in [0.717, 1.165) is 5.56 Å². The third-order valence-electron chi connectivity index (χ3n) is 3.39. The molecule has 25 heavy (non-hydrogen) atoms. The van der Waals surface area contributed by atoms with Crippen LogP contribution in [0.25, 0.3) is 11.4 Å². The van der Waals surface area contributed by atoms with Crippen LogP contribution >= 0.6 is 23.2 Å². The highest BCUT2D eigenvalue weighted by Crippen LogP contribution is 2.23. The van der Waals surface area contributed by atoms with E-state index in [4.69, 9.17) is 23.2 Å². The number of phenols is 1. The lowest BCUT2D eigenvalue weighted by molar-refractivity contribution is -0.115. The third-order valence-corrected chi connectivity index (χ3v) is 4.13. The zero-order chi connectivity index (χ0) is 17.8. The maximum atomic E-state index is 12.1. The molecule has 1 amide bonds. The molecule has 1 heterocycles. The Kier molecular flexibility index (Phi) is 5.16. The number of halogens is 2. The number of anilines is 1. The Bertz CT molecular complexity index is 914. The van der Waals surface area contributed by atoms with Gasteiger partial charge < -0.3 is 10.4 Å². The van der Waals surface area contributed by atoms with Gasteiger partial charge in [0.1, 0.15) is 5.75 Å². The van der Waals surface area contributed by atoms with E-state index in [1.54, 1.807) is 42.5 Å². The summed E-state index contributed by atoms with van der Waals surface area (Å²) < 4.78 is 0. The first-order valence-electron chi connectivity index (χ1n) is 7.36. The number of nitrogens with zero attached hydrogens (tertiary/aromatic N) is 2. The molecule has 3 aromatic rings. The van der Waals surface area contributed by atoms with Crippen molar-refractivity contribution < 1.29 is 9.90 Å². The summed E-state index contributed by atoms with van der Waals surface area (Å²) in [5.41, 5.74) is 1.92. The molecule has 0 fully saturated rings. The molecule has 0 aliphatic heterocycles. The van der Waals surface area contributed by atoms with Crippen LogP contribution in [0.1, 0.15) is 5.56 Å². The Hall–Kier alpha value is -2.63. The highest BCUT2D eigenvalue weighted by atomic mass is 35.5. The summed E-state index contributed by atoms with van der Waals surface area (Å²) in [6.45, 7) is 0. The fraction of sp³-hybridized carbons (Fsp3) is 0.0556. The number of carbonyl (C=O) groups is 1. The molecule has 126 valence electrons. The van der Waals surface area contributed by atoms with Crippen molar-refractivity contribution in [3.63, 3.8) is 0 Å². The number of carbonyl (C=O) groups excluding carboxylic acids is 1. The van der Waals surface area contributed by atoms with E-state index >= 15 is 0 Å². The minimum Gasteiger partial charge on any atom is -0.508 e. The van der Waals surface area contributed by atoms with Crippen LogP contribution in [0.4, 0.5) is 5.69 Å².